The molecule has 1 heterocycles. The number of nitrogens with zero attached hydrogens (tertiary/aromatic N) is 1. The number of pyridine rings is 1. The highest BCUT2D eigenvalue weighted by atomic mass is 35.5. The summed E-state index contributed by atoms with van der Waals surface area (Å²) in [6.45, 7) is 1.99. The highest BCUT2D eigenvalue weighted by Crippen LogP contribution is 2.34. The Bertz CT molecular complexity index is 628. The highest BCUT2D eigenvalue weighted by Gasteiger charge is 2.17. The van der Waals surface area contributed by atoms with E-state index in [0.29, 0.717) is 20.9 Å². The predicted octanol–water partition coefficient (Wildman–Crippen LogP) is 4.37. The van der Waals surface area contributed by atoms with Gasteiger partial charge in [0.25, 0.3) is 0 Å². The zero-order chi connectivity index (χ0) is 13.3. The number of hydrogen-bond donors (Lipinski definition) is 0. The van der Waals surface area contributed by atoms with Crippen LogP contribution in [0.25, 0.3) is 10.9 Å². The number of esters is 1. The Balaban J connectivity index is 2.65. The summed E-state index contributed by atoms with van der Waals surface area (Å²) in [6, 6.07) is 3.27. The van der Waals surface area contributed by atoms with Crippen molar-refractivity contribution < 1.29 is 9.53 Å². The molecule has 0 spiro atoms. The molecule has 3 nitrogen and oxygen atoms in total. The number of carbonyl (C=O) groups is 1. The van der Waals surface area contributed by atoms with E-state index in [9.17, 15) is 4.79 Å². The first-order valence-corrected chi connectivity index (χ1v) is 6.29. The number of benzene rings is 1. The Labute approximate surface area is 119 Å². The average Bonchev–Trinajstić information content (AvgIpc) is 2.34. The van der Waals surface area contributed by atoms with Crippen molar-refractivity contribution in [3.63, 3.8) is 0 Å². The Morgan fingerprint density at radius 1 is 1.28 bits per heavy atom. The molecule has 0 saturated carbocycles. The molecule has 2 rings (SSSR count). The molecule has 94 valence electrons. The van der Waals surface area contributed by atoms with E-state index < -0.39 is 5.97 Å². The van der Waals surface area contributed by atoms with Crippen molar-refractivity contribution in [1.82, 2.24) is 4.98 Å². The number of aromatic nitrogens is 1. The van der Waals surface area contributed by atoms with E-state index in [0.717, 1.165) is 0 Å². The second kappa shape index (κ2) is 5.31. The summed E-state index contributed by atoms with van der Waals surface area (Å²) in [6.07, 6.45) is 1.34. The van der Waals surface area contributed by atoms with Crippen LogP contribution in [-0.2, 0) is 4.74 Å². The molecule has 0 saturated heterocycles. The third-order valence-corrected chi connectivity index (χ3v) is 3.56. The van der Waals surface area contributed by atoms with Crippen LogP contribution in [-0.4, -0.2) is 17.6 Å². The monoisotopic (exact) mass is 303 g/mol. The van der Waals surface area contributed by atoms with Crippen LogP contribution in [0.4, 0.5) is 0 Å². The molecule has 1 aromatic carbocycles. The second-order valence-electron chi connectivity index (χ2n) is 3.46. The molecule has 2 aromatic rings. The second-order valence-corrected chi connectivity index (χ2v) is 4.63. The molecular weight excluding hydrogens is 296 g/mol. The fourth-order valence-electron chi connectivity index (χ4n) is 1.53. The Morgan fingerprint density at radius 2 is 2.00 bits per heavy atom. The molecule has 18 heavy (non-hydrogen) atoms. The topological polar surface area (TPSA) is 39.2 Å². The van der Waals surface area contributed by atoms with Gasteiger partial charge in [-0.15, -0.1) is 0 Å². The van der Waals surface area contributed by atoms with Gasteiger partial charge in [-0.3, -0.25) is 4.98 Å². The van der Waals surface area contributed by atoms with Gasteiger partial charge in [-0.2, -0.15) is 0 Å². The van der Waals surface area contributed by atoms with Gasteiger partial charge < -0.3 is 4.74 Å². The highest BCUT2D eigenvalue weighted by molar-refractivity contribution is 6.46. The van der Waals surface area contributed by atoms with Gasteiger partial charge in [0.2, 0.25) is 0 Å². The van der Waals surface area contributed by atoms with Gasteiger partial charge in [0.1, 0.15) is 0 Å². The first kappa shape index (κ1) is 13.4. The molecule has 0 aliphatic rings. The zero-order valence-corrected chi connectivity index (χ0v) is 11.6. The zero-order valence-electron chi connectivity index (χ0n) is 9.34. The molecule has 0 atom stereocenters. The van der Waals surface area contributed by atoms with Gasteiger partial charge in [0.05, 0.1) is 32.8 Å². The molecule has 0 aliphatic carbocycles. The molecular formula is C12H8Cl3NO2. The summed E-state index contributed by atoms with van der Waals surface area (Å²) in [5.41, 5.74) is 0.673. The van der Waals surface area contributed by atoms with Gasteiger partial charge in [-0.05, 0) is 19.1 Å². The molecule has 0 aliphatic heterocycles. The van der Waals surface area contributed by atoms with Gasteiger partial charge in [0.15, 0.2) is 0 Å². The van der Waals surface area contributed by atoms with Crippen molar-refractivity contribution in [2.24, 2.45) is 0 Å². The average molecular weight is 305 g/mol. The maximum Gasteiger partial charge on any atom is 0.341 e. The quantitative estimate of drug-likeness (QED) is 0.773. The largest absolute Gasteiger partial charge is 0.462 e. The van der Waals surface area contributed by atoms with Crippen molar-refractivity contribution in [2.45, 2.75) is 6.92 Å². The smallest absolute Gasteiger partial charge is 0.341 e. The maximum atomic E-state index is 11.7. The molecule has 0 unspecified atom stereocenters. The number of rotatable bonds is 2. The van der Waals surface area contributed by atoms with Crippen molar-refractivity contribution in [1.29, 1.82) is 0 Å². The molecule has 6 heteroatoms. The summed E-state index contributed by atoms with van der Waals surface area (Å²) in [4.78, 5) is 15.8. The normalized spacial score (nSPS) is 10.7. The summed E-state index contributed by atoms with van der Waals surface area (Å²) in [7, 11) is 0. The predicted molar refractivity (Wildman–Crippen MR) is 72.7 cm³/mol. The van der Waals surface area contributed by atoms with E-state index in [4.69, 9.17) is 39.5 Å². The Kier molecular flexibility index (Phi) is 3.95. The van der Waals surface area contributed by atoms with Crippen LogP contribution in [0.15, 0.2) is 18.3 Å². The van der Waals surface area contributed by atoms with Crippen LogP contribution in [0, 0.1) is 0 Å². The summed E-state index contributed by atoms with van der Waals surface area (Å²) in [5.74, 6) is -0.511. The molecule has 0 N–H and O–H groups in total. The number of fused-ring (bicyclic) bond motifs is 1. The minimum atomic E-state index is -0.511. The number of ether oxygens (including phenoxy) is 1. The van der Waals surface area contributed by atoms with E-state index in [1.807, 2.05) is 0 Å². The Hall–Kier alpha value is -1.03. The fraction of sp³-hybridized carbons (Fsp3) is 0.167. The van der Waals surface area contributed by atoms with Gasteiger partial charge in [-0.25, -0.2) is 4.79 Å². The van der Waals surface area contributed by atoms with Crippen molar-refractivity contribution >= 4 is 51.7 Å². The lowest BCUT2D eigenvalue weighted by molar-refractivity contribution is 0.0526. The third-order valence-electron chi connectivity index (χ3n) is 2.36. The van der Waals surface area contributed by atoms with E-state index in [2.05, 4.69) is 4.98 Å². The van der Waals surface area contributed by atoms with Crippen LogP contribution in [0.1, 0.15) is 17.3 Å². The van der Waals surface area contributed by atoms with Gasteiger partial charge >= 0.3 is 5.97 Å². The number of hydrogen-bond acceptors (Lipinski definition) is 3. The number of carbonyl (C=O) groups excluding carboxylic acids is 1. The molecule has 0 amide bonds. The van der Waals surface area contributed by atoms with Crippen molar-refractivity contribution in [3.05, 3.63) is 39.0 Å². The third kappa shape index (κ3) is 2.26. The van der Waals surface area contributed by atoms with Gasteiger partial charge in [-0.1, -0.05) is 34.8 Å². The lowest BCUT2D eigenvalue weighted by atomic mass is 10.1. The van der Waals surface area contributed by atoms with Crippen LogP contribution in [0.5, 0.6) is 0 Å². The maximum absolute atomic E-state index is 11.7. The van der Waals surface area contributed by atoms with E-state index in [1.165, 1.54) is 6.20 Å². The molecule has 1 aromatic heterocycles. The lowest BCUT2D eigenvalue weighted by Crippen LogP contribution is -2.06. The summed E-state index contributed by atoms with van der Waals surface area (Å²) < 4.78 is 4.89. The summed E-state index contributed by atoms with van der Waals surface area (Å²) in [5, 5.41) is 1.52. The van der Waals surface area contributed by atoms with Crippen molar-refractivity contribution in [2.75, 3.05) is 6.61 Å². The van der Waals surface area contributed by atoms with E-state index in [-0.39, 0.29) is 17.2 Å². The van der Waals surface area contributed by atoms with Crippen LogP contribution in [0.2, 0.25) is 15.1 Å². The van der Waals surface area contributed by atoms with Crippen molar-refractivity contribution in [3.8, 4) is 0 Å². The first-order valence-electron chi connectivity index (χ1n) is 5.15. The minimum Gasteiger partial charge on any atom is -0.462 e. The Morgan fingerprint density at radius 3 is 2.67 bits per heavy atom. The number of halogens is 3. The van der Waals surface area contributed by atoms with E-state index >= 15 is 0 Å². The van der Waals surface area contributed by atoms with Crippen LogP contribution < -0.4 is 0 Å². The molecule has 0 fully saturated rings. The lowest BCUT2D eigenvalue weighted by Gasteiger charge is -2.08. The SMILES string of the molecule is CCOC(=O)c1cnc2c(Cl)c(Cl)ccc2c1Cl. The molecule has 0 bridgehead atoms. The van der Waals surface area contributed by atoms with Crippen LogP contribution >= 0.6 is 34.8 Å². The molecule has 0 radical (unpaired) electrons. The van der Waals surface area contributed by atoms with E-state index in [1.54, 1.807) is 19.1 Å². The fourth-order valence-corrected chi connectivity index (χ4v) is 2.17. The van der Waals surface area contributed by atoms with Gasteiger partial charge in [0, 0.05) is 11.6 Å². The standard InChI is InChI=1S/C12H8Cl3NO2/c1-2-18-12(17)7-5-16-11-6(9(7)14)3-4-8(13)10(11)15/h3-5H,2H2,1H3. The van der Waals surface area contributed by atoms with Crippen LogP contribution in [0.3, 0.4) is 0 Å². The summed E-state index contributed by atoms with van der Waals surface area (Å²) >= 11 is 18.1. The minimum absolute atomic E-state index is 0.212. The first-order chi connectivity index (χ1) is 8.56.